The molecule has 2 bridgehead atoms. The van der Waals surface area contributed by atoms with Gasteiger partial charge in [0.05, 0.1) is 24.4 Å². The molecule has 4 unspecified atom stereocenters. The Balaban J connectivity index is 1.33. The van der Waals surface area contributed by atoms with Crippen molar-refractivity contribution in [2.75, 3.05) is 25.1 Å². The van der Waals surface area contributed by atoms with Crippen LogP contribution in [0, 0.1) is 51.4 Å². The average molecular weight is 691 g/mol. The molecule has 6 aromatic rings. The summed E-state index contributed by atoms with van der Waals surface area (Å²) in [6.45, 7) is 16.1. The van der Waals surface area contributed by atoms with Crippen LogP contribution in [0.2, 0.25) is 0 Å². The van der Waals surface area contributed by atoms with Gasteiger partial charge in [0, 0.05) is 53.0 Å². The van der Waals surface area contributed by atoms with E-state index in [-0.39, 0.29) is 29.6 Å². The second-order valence-electron chi connectivity index (χ2n) is 14.0. The number of aromatic nitrogens is 7. The van der Waals surface area contributed by atoms with Gasteiger partial charge >= 0.3 is 5.97 Å². The summed E-state index contributed by atoms with van der Waals surface area (Å²) in [6, 6.07) is 21.5. The number of methoxy groups -OCH3 is 1. The monoisotopic (exact) mass is 690 g/mol. The molecule has 9 rings (SSSR count). The molecule has 52 heavy (non-hydrogen) atoms. The number of rotatable bonds is 6. The summed E-state index contributed by atoms with van der Waals surface area (Å²) < 4.78 is 8.85. The van der Waals surface area contributed by atoms with Gasteiger partial charge in [-0.15, -0.1) is 0 Å². The summed E-state index contributed by atoms with van der Waals surface area (Å²) in [4.78, 5) is 30.1. The van der Waals surface area contributed by atoms with E-state index in [0.29, 0.717) is 17.7 Å². The first-order valence-electron chi connectivity index (χ1n) is 18.0. The number of anilines is 1. The third-order valence-corrected chi connectivity index (χ3v) is 10.9. The molecule has 3 aliphatic carbocycles. The van der Waals surface area contributed by atoms with Crippen molar-refractivity contribution in [3.63, 3.8) is 0 Å². The normalized spacial score (nSPS) is 18.5. The van der Waals surface area contributed by atoms with Gasteiger partial charge < -0.3 is 9.64 Å². The topological polar surface area (TPSA) is 104 Å². The molecule has 0 spiro atoms. The molecule has 0 saturated heterocycles. The van der Waals surface area contributed by atoms with Crippen LogP contribution in [0.1, 0.15) is 89.0 Å². The van der Waals surface area contributed by atoms with Crippen molar-refractivity contribution in [3.05, 3.63) is 117 Å². The SMILES string of the molecule is CCN(CC)c1ccc(C#Cc2nc(-n3nc(C)cc3C)nc(-n3nc(C)cc3C)n2)c2cc3c(cc12)C1c2ccccc2C3C(C)C1C(=O)OC. The summed E-state index contributed by atoms with van der Waals surface area (Å²) in [5, 5.41) is 11.5. The number of nitrogens with zero attached hydrogens (tertiary/aromatic N) is 8. The van der Waals surface area contributed by atoms with Crippen LogP contribution in [0.15, 0.2) is 60.7 Å². The molecule has 0 N–H and O–H groups in total. The largest absolute Gasteiger partial charge is 0.469 e. The van der Waals surface area contributed by atoms with Crippen molar-refractivity contribution >= 4 is 22.4 Å². The Bertz CT molecular complexity index is 2400. The molecular weight excluding hydrogens is 649 g/mol. The van der Waals surface area contributed by atoms with Gasteiger partial charge in [-0.2, -0.15) is 25.1 Å². The van der Waals surface area contributed by atoms with Gasteiger partial charge in [0.2, 0.25) is 5.82 Å². The lowest BCUT2D eigenvalue weighted by molar-refractivity contribution is -0.148. The zero-order chi connectivity index (χ0) is 36.4. The van der Waals surface area contributed by atoms with Crippen molar-refractivity contribution in [2.24, 2.45) is 11.8 Å². The van der Waals surface area contributed by atoms with Crippen LogP contribution in [0.4, 0.5) is 5.69 Å². The first kappa shape index (κ1) is 33.3. The van der Waals surface area contributed by atoms with Gasteiger partial charge in [-0.3, -0.25) is 4.79 Å². The Morgan fingerprint density at radius 1 is 0.750 bits per heavy atom. The molecule has 0 saturated carbocycles. The molecule has 10 nitrogen and oxygen atoms in total. The Kier molecular flexibility index (Phi) is 8.17. The van der Waals surface area contributed by atoms with E-state index >= 15 is 0 Å². The van der Waals surface area contributed by atoms with E-state index < -0.39 is 0 Å². The predicted molar refractivity (Wildman–Crippen MR) is 201 cm³/mol. The van der Waals surface area contributed by atoms with Crippen LogP contribution in [-0.4, -0.2) is 60.7 Å². The molecule has 0 fully saturated rings. The number of ether oxygens (including phenoxy) is 1. The number of esters is 1. The zero-order valence-electron chi connectivity index (χ0n) is 30.9. The molecule has 10 heteroatoms. The number of benzene rings is 3. The molecule has 0 aliphatic heterocycles. The van der Waals surface area contributed by atoms with Crippen molar-refractivity contribution in [3.8, 4) is 23.7 Å². The second-order valence-corrected chi connectivity index (χ2v) is 14.0. The number of carbonyl (C=O) groups excluding carboxylic acids is 1. The van der Waals surface area contributed by atoms with Crippen LogP contribution < -0.4 is 4.90 Å². The number of carbonyl (C=O) groups is 1. The lowest BCUT2D eigenvalue weighted by Gasteiger charge is -2.48. The fraction of sp³-hybridized carbons (Fsp3) is 0.333. The number of hydrogen-bond donors (Lipinski definition) is 0. The van der Waals surface area contributed by atoms with Crippen molar-refractivity contribution in [1.82, 2.24) is 34.5 Å². The van der Waals surface area contributed by atoms with E-state index in [1.165, 1.54) is 29.4 Å². The number of aryl methyl sites for hydroxylation is 4. The summed E-state index contributed by atoms with van der Waals surface area (Å²) >= 11 is 0. The molecule has 3 aromatic heterocycles. The maximum atomic E-state index is 13.4. The Morgan fingerprint density at radius 2 is 1.33 bits per heavy atom. The summed E-state index contributed by atoms with van der Waals surface area (Å²) in [5.74, 6) is 7.48. The molecule has 262 valence electrons. The predicted octanol–water partition coefficient (Wildman–Crippen LogP) is 6.89. The molecular formula is C42H42N8O2. The van der Waals surface area contributed by atoms with Gasteiger partial charge in [0.1, 0.15) is 0 Å². The van der Waals surface area contributed by atoms with E-state index in [1.54, 1.807) is 9.36 Å². The fourth-order valence-electron chi connectivity index (χ4n) is 8.65. The third kappa shape index (κ3) is 5.26. The van der Waals surface area contributed by atoms with E-state index in [0.717, 1.165) is 57.9 Å². The Morgan fingerprint density at radius 3 is 1.88 bits per heavy atom. The maximum absolute atomic E-state index is 13.4. The first-order chi connectivity index (χ1) is 25.1. The minimum absolute atomic E-state index is 0.0535. The van der Waals surface area contributed by atoms with Crippen LogP contribution in [0.25, 0.3) is 22.7 Å². The minimum Gasteiger partial charge on any atom is -0.469 e. The van der Waals surface area contributed by atoms with Gasteiger partial charge in [0.15, 0.2) is 0 Å². The lowest BCUT2D eigenvalue weighted by Crippen LogP contribution is -2.43. The van der Waals surface area contributed by atoms with Gasteiger partial charge in [-0.05, 0) is 117 Å². The van der Waals surface area contributed by atoms with E-state index in [9.17, 15) is 4.79 Å². The maximum Gasteiger partial charge on any atom is 0.309 e. The van der Waals surface area contributed by atoms with Crippen molar-refractivity contribution < 1.29 is 9.53 Å². The van der Waals surface area contributed by atoms with E-state index in [1.807, 2.05) is 39.8 Å². The quantitative estimate of drug-likeness (QED) is 0.138. The molecule has 3 aromatic carbocycles. The molecule has 0 radical (unpaired) electrons. The lowest BCUT2D eigenvalue weighted by atomic mass is 9.54. The number of hydrogen-bond acceptors (Lipinski definition) is 8. The molecule has 3 aliphatic rings. The highest BCUT2D eigenvalue weighted by atomic mass is 16.5. The summed E-state index contributed by atoms with van der Waals surface area (Å²) in [7, 11) is 1.50. The molecule has 3 heterocycles. The second kappa shape index (κ2) is 12.7. The summed E-state index contributed by atoms with van der Waals surface area (Å²) in [6.07, 6.45) is 0. The number of fused-ring (bicyclic) bond motifs is 2. The third-order valence-electron chi connectivity index (χ3n) is 10.9. The van der Waals surface area contributed by atoms with Gasteiger partial charge in [-0.1, -0.05) is 37.1 Å². The van der Waals surface area contributed by atoms with Crippen molar-refractivity contribution in [1.29, 1.82) is 0 Å². The molecule has 4 atom stereocenters. The Hall–Kier alpha value is -5.82. The highest BCUT2D eigenvalue weighted by Crippen LogP contribution is 2.59. The standard InChI is InChI=1S/C42H42N8O2/c1-9-48(10-2)35-17-15-28(16-18-36-43-41(49-25(5)19-23(3)46-49)45-42(44-36)50-26(6)20-24(4)47-50)31-21-33-34(22-32(31)35)39-30-14-12-11-13-29(30)37(33)27(7)38(39)40(51)52-8/h11-15,17,19-22,27,37-39H,9-10H2,1-8H3. The first-order valence-corrected chi connectivity index (χ1v) is 18.0. The van der Waals surface area contributed by atoms with E-state index in [2.05, 4.69) is 96.2 Å². The van der Waals surface area contributed by atoms with Gasteiger partial charge in [-0.25, -0.2) is 9.36 Å². The van der Waals surface area contributed by atoms with Crippen LogP contribution in [0.3, 0.4) is 0 Å². The summed E-state index contributed by atoms with van der Waals surface area (Å²) in [5.41, 5.74) is 10.5. The molecule has 0 amide bonds. The Labute approximate surface area is 303 Å². The average Bonchev–Trinajstić information content (AvgIpc) is 3.68. The zero-order valence-corrected chi connectivity index (χ0v) is 30.9. The van der Waals surface area contributed by atoms with Crippen LogP contribution in [0.5, 0.6) is 0 Å². The highest BCUT2D eigenvalue weighted by Gasteiger charge is 2.51. The van der Waals surface area contributed by atoms with Crippen LogP contribution >= 0.6 is 0 Å². The fourth-order valence-corrected chi connectivity index (χ4v) is 8.65. The van der Waals surface area contributed by atoms with E-state index in [4.69, 9.17) is 19.7 Å². The van der Waals surface area contributed by atoms with Crippen molar-refractivity contribution in [2.45, 2.75) is 60.3 Å². The highest BCUT2D eigenvalue weighted by molar-refractivity contribution is 6.00. The van der Waals surface area contributed by atoms with Crippen LogP contribution in [-0.2, 0) is 9.53 Å². The minimum atomic E-state index is -0.258. The van der Waals surface area contributed by atoms with Gasteiger partial charge in [0.25, 0.3) is 11.9 Å². The smallest absolute Gasteiger partial charge is 0.309 e.